The van der Waals surface area contributed by atoms with Gasteiger partial charge in [0.25, 0.3) is 5.56 Å². The quantitative estimate of drug-likeness (QED) is 0.524. The lowest BCUT2D eigenvalue weighted by molar-refractivity contribution is -0.139. The Morgan fingerprint density at radius 3 is 2.71 bits per heavy atom. The van der Waals surface area contributed by atoms with Crippen LogP contribution in [-0.4, -0.2) is 31.0 Å². The van der Waals surface area contributed by atoms with Crippen LogP contribution in [0.1, 0.15) is 31.0 Å². The van der Waals surface area contributed by atoms with Crippen molar-refractivity contribution >= 4 is 23.4 Å². The van der Waals surface area contributed by atoms with Crippen LogP contribution in [0.15, 0.2) is 63.5 Å². The number of allylic oxidation sites excluding steroid dienone is 1. The monoisotopic (exact) mass is 478 g/mol. The molecular weight excluding hydrogens is 456 g/mol. The molecule has 1 unspecified atom stereocenters. The van der Waals surface area contributed by atoms with E-state index in [1.807, 2.05) is 30.3 Å². The zero-order chi connectivity index (χ0) is 23.8. The average Bonchev–Trinajstić information content (AvgIpc) is 3.42. The number of hydrogen-bond donors (Lipinski definition) is 0. The second-order valence-electron chi connectivity index (χ2n) is 7.69. The lowest BCUT2D eigenvalue weighted by atomic mass is 9.96. The van der Waals surface area contributed by atoms with Crippen molar-refractivity contribution in [3.63, 3.8) is 0 Å². The third-order valence-electron chi connectivity index (χ3n) is 5.64. The Bertz CT molecular complexity index is 1480. The zero-order valence-electron chi connectivity index (χ0n) is 18.9. The van der Waals surface area contributed by atoms with Crippen LogP contribution in [0.4, 0.5) is 0 Å². The maximum absolute atomic E-state index is 13.6. The smallest absolute Gasteiger partial charge is 0.338 e. The van der Waals surface area contributed by atoms with Gasteiger partial charge in [0.15, 0.2) is 16.3 Å². The number of hydrogen-bond acceptors (Lipinski definition) is 8. The Morgan fingerprint density at radius 1 is 1.21 bits per heavy atom. The molecule has 0 spiro atoms. The number of ether oxygens (including phenoxy) is 4. The first-order chi connectivity index (χ1) is 16.5. The van der Waals surface area contributed by atoms with Gasteiger partial charge in [-0.25, -0.2) is 9.79 Å². The molecule has 0 amide bonds. The Labute approximate surface area is 199 Å². The molecule has 0 saturated carbocycles. The first kappa shape index (κ1) is 22.0. The maximum atomic E-state index is 13.6. The predicted molar refractivity (Wildman–Crippen MR) is 126 cm³/mol. The second-order valence-corrected chi connectivity index (χ2v) is 8.70. The van der Waals surface area contributed by atoms with Crippen molar-refractivity contribution in [1.29, 1.82) is 0 Å². The van der Waals surface area contributed by atoms with Crippen LogP contribution in [0, 0.1) is 0 Å². The highest BCUT2D eigenvalue weighted by Crippen LogP contribution is 2.33. The number of thiazole rings is 1. The van der Waals surface area contributed by atoms with E-state index in [1.54, 1.807) is 43.7 Å². The van der Waals surface area contributed by atoms with Crippen molar-refractivity contribution in [3.05, 3.63) is 84.5 Å². The molecule has 0 fully saturated rings. The SMILES string of the molecule is CCOC(=O)C1=C(C)N=c2s/c(=C/c3ccc4c(c3)OCO4)c(=O)n2C1c1ccc(OC)cc1. The van der Waals surface area contributed by atoms with Crippen molar-refractivity contribution in [1.82, 2.24) is 4.57 Å². The van der Waals surface area contributed by atoms with Gasteiger partial charge in [-0.3, -0.25) is 9.36 Å². The van der Waals surface area contributed by atoms with Crippen LogP contribution < -0.4 is 29.1 Å². The fraction of sp³-hybridized carbons (Fsp3) is 0.240. The number of nitrogens with zero attached hydrogens (tertiary/aromatic N) is 2. The summed E-state index contributed by atoms with van der Waals surface area (Å²) >= 11 is 1.27. The molecule has 2 aliphatic heterocycles. The average molecular weight is 479 g/mol. The molecule has 5 rings (SSSR count). The number of methoxy groups -OCH3 is 1. The van der Waals surface area contributed by atoms with Gasteiger partial charge in [0, 0.05) is 0 Å². The first-order valence-electron chi connectivity index (χ1n) is 10.7. The molecule has 34 heavy (non-hydrogen) atoms. The van der Waals surface area contributed by atoms with E-state index in [2.05, 4.69) is 4.99 Å². The molecule has 174 valence electrons. The number of benzene rings is 2. The minimum absolute atomic E-state index is 0.179. The van der Waals surface area contributed by atoms with Gasteiger partial charge in [-0.2, -0.15) is 0 Å². The first-order valence-corrected chi connectivity index (χ1v) is 11.5. The molecule has 0 saturated heterocycles. The van der Waals surface area contributed by atoms with Crippen molar-refractivity contribution in [2.75, 3.05) is 20.5 Å². The fourth-order valence-electron chi connectivity index (χ4n) is 4.05. The van der Waals surface area contributed by atoms with Crippen molar-refractivity contribution in [3.8, 4) is 17.2 Å². The largest absolute Gasteiger partial charge is 0.497 e. The van der Waals surface area contributed by atoms with E-state index in [9.17, 15) is 9.59 Å². The lowest BCUT2D eigenvalue weighted by Crippen LogP contribution is -2.39. The predicted octanol–water partition coefficient (Wildman–Crippen LogP) is 2.54. The van der Waals surface area contributed by atoms with Crippen LogP contribution in [0.2, 0.25) is 0 Å². The summed E-state index contributed by atoms with van der Waals surface area (Å²) in [5, 5.41) is 0. The maximum Gasteiger partial charge on any atom is 0.338 e. The summed E-state index contributed by atoms with van der Waals surface area (Å²) in [5.74, 6) is 1.50. The van der Waals surface area contributed by atoms with Crippen LogP contribution in [0.25, 0.3) is 6.08 Å². The van der Waals surface area contributed by atoms with Crippen molar-refractivity contribution in [2.45, 2.75) is 19.9 Å². The van der Waals surface area contributed by atoms with E-state index < -0.39 is 12.0 Å². The van der Waals surface area contributed by atoms with Gasteiger partial charge >= 0.3 is 5.97 Å². The van der Waals surface area contributed by atoms with Crippen molar-refractivity contribution < 1.29 is 23.7 Å². The van der Waals surface area contributed by atoms with E-state index >= 15 is 0 Å². The van der Waals surface area contributed by atoms with Crippen LogP contribution in [0.5, 0.6) is 17.2 Å². The standard InChI is InChI=1S/C25H22N2O6S/c1-4-31-24(29)21-14(2)26-25-27(22(21)16-6-8-17(30-3)9-7-16)23(28)20(34-25)12-15-5-10-18-19(11-15)33-13-32-18/h5-12,22H,4,13H2,1-3H3/b20-12+. The molecule has 0 aliphatic carbocycles. The molecule has 2 aliphatic rings. The van der Waals surface area contributed by atoms with Crippen LogP contribution >= 0.6 is 11.3 Å². The molecule has 1 aromatic heterocycles. The van der Waals surface area contributed by atoms with Gasteiger partial charge in [-0.05, 0) is 55.3 Å². The molecule has 0 N–H and O–H groups in total. The fourth-order valence-corrected chi connectivity index (χ4v) is 5.09. The van der Waals surface area contributed by atoms with Crippen LogP contribution in [-0.2, 0) is 9.53 Å². The second kappa shape index (κ2) is 8.83. The third-order valence-corrected chi connectivity index (χ3v) is 6.63. The zero-order valence-corrected chi connectivity index (χ0v) is 19.7. The van der Waals surface area contributed by atoms with E-state index in [0.29, 0.717) is 37.9 Å². The molecular formula is C25H22N2O6S. The number of fused-ring (bicyclic) bond motifs is 2. The van der Waals surface area contributed by atoms with Gasteiger partial charge in [-0.15, -0.1) is 0 Å². The molecule has 9 heteroatoms. The molecule has 8 nitrogen and oxygen atoms in total. The summed E-state index contributed by atoms with van der Waals surface area (Å²) in [6, 6.07) is 12.1. The topological polar surface area (TPSA) is 88.4 Å². The normalized spacial score (nSPS) is 16.8. The molecule has 3 aromatic rings. The minimum Gasteiger partial charge on any atom is -0.497 e. The summed E-state index contributed by atoms with van der Waals surface area (Å²) in [5.41, 5.74) is 2.19. The van der Waals surface area contributed by atoms with E-state index in [1.165, 1.54) is 11.3 Å². The molecule has 0 radical (unpaired) electrons. The van der Waals surface area contributed by atoms with E-state index in [0.717, 1.165) is 11.1 Å². The molecule has 0 bridgehead atoms. The summed E-state index contributed by atoms with van der Waals surface area (Å²) in [6.07, 6.45) is 1.79. The van der Waals surface area contributed by atoms with E-state index in [4.69, 9.17) is 18.9 Å². The Kier molecular flexibility index (Phi) is 5.70. The number of carbonyl (C=O) groups excluding carboxylic acids is 1. The third kappa shape index (κ3) is 3.77. The molecule has 2 aromatic carbocycles. The van der Waals surface area contributed by atoms with Crippen molar-refractivity contribution in [2.24, 2.45) is 4.99 Å². The Hall–Kier alpha value is -3.85. The molecule has 1 atom stereocenters. The van der Waals surface area contributed by atoms with Gasteiger partial charge in [0.2, 0.25) is 6.79 Å². The number of esters is 1. The number of rotatable bonds is 5. The lowest BCUT2D eigenvalue weighted by Gasteiger charge is -2.24. The highest BCUT2D eigenvalue weighted by molar-refractivity contribution is 7.07. The summed E-state index contributed by atoms with van der Waals surface area (Å²) < 4.78 is 23.5. The van der Waals surface area contributed by atoms with Gasteiger partial charge < -0.3 is 18.9 Å². The summed E-state index contributed by atoms with van der Waals surface area (Å²) in [6.45, 7) is 3.91. The van der Waals surface area contributed by atoms with Gasteiger partial charge in [-0.1, -0.05) is 29.5 Å². The van der Waals surface area contributed by atoms with Gasteiger partial charge in [0.05, 0.1) is 35.6 Å². The Balaban J connectivity index is 1.68. The Morgan fingerprint density at radius 2 is 1.97 bits per heavy atom. The molecule has 3 heterocycles. The number of aromatic nitrogens is 1. The minimum atomic E-state index is -0.667. The number of carbonyl (C=O) groups is 1. The van der Waals surface area contributed by atoms with Crippen LogP contribution in [0.3, 0.4) is 0 Å². The highest BCUT2D eigenvalue weighted by atomic mass is 32.1. The van der Waals surface area contributed by atoms with Gasteiger partial charge in [0.1, 0.15) is 5.75 Å². The summed E-state index contributed by atoms with van der Waals surface area (Å²) in [4.78, 5) is 31.7. The summed E-state index contributed by atoms with van der Waals surface area (Å²) in [7, 11) is 1.59. The highest BCUT2D eigenvalue weighted by Gasteiger charge is 2.33. The van der Waals surface area contributed by atoms with E-state index in [-0.39, 0.29) is 19.0 Å².